The SMILES string of the molecule is CCCC1CCC(NC(=O)N(CC)C(C)CC(=O)O)CC1. The Labute approximate surface area is 128 Å². The lowest BCUT2D eigenvalue weighted by molar-refractivity contribution is -0.138. The molecule has 2 N–H and O–H groups in total. The Morgan fingerprint density at radius 2 is 1.86 bits per heavy atom. The smallest absolute Gasteiger partial charge is 0.317 e. The second-order valence-corrected chi connectivity index (χ2v) is 6.19. The van der Waals surface area contributed by atoms with Gasteiger partial charge in [0.15, 0.2) is 0 Å². The summed E-state index contributed by atoms with van der Waals surface area (Å²) in [4.78, 5) is 24.7. The second kappa shape index (κ2) is 8.90. The maximum absolute atomic E-state index is 12.3. The zero-order valence-electron chi connectivity index (χ0n) is 13.6. The molecule has 1 atom stereocenters. The zero-order chi connectivity index (χ0) is 15.8. The van der Waals surface area contributed by atoms with E-state index in [9.17, 15) is 9.59 Å². The van der Waals surface area contributed by atoms with Crippen LogP contribution in [0.1, 0.15) is 65.7 Å². The minimum absolute atomic E-state index is 0.00942. The molecule has 0 bridgehead atoms. The first kappa shape index (κ1) is 17.8. The van der Waals surface area contributed by atoms with Gasteiger partial charge in [0.2, 0.25) is 0 Å². The number of carbonyl (C=O) groups is 2. The van der Waals surface area contributed by atoms with Crippen molar-refractivity contribution in [3.63, 3.8) is 0 Å². The van der Waals surface area contributed by atoms with Gasteiger partial charge in [0.25, 0.3) is 0 Å². The molecule has 0 aromatic heterocycles. The van der Waals surface area contributed by atoms with Crippen molar-refractivity contribution in [2.24, 2.45) is 5.92 Å². The van der Waals surface area contributed by atoms with Crippen LogP contribution in [0, 0.1) is 5.92 Å². The Bertz CT molecular complexity index is 338. The summed E-state index contributed by atoms with van der Waals surface area (Å²) in [5.74, 6) is -0.0508. The van der Waals surface area contributed by atoms with E-state index in [2.05, 4.69) is 12.2 Å². The van der Waals surface area contributed by atoms with E-state index in [0.717, 1.165) is 18.8 Å². The van der Waals surface area contributed by atoms with Crippen LogP contribution in [0.2, 0.25) is 0 Å². The van der Waals surface area contributed by atoms with Gasteiger partial charge in [-0.25, -0.2) is 4.79 Å². The van der Waals surface area contributed by atoms with Crippen molar-refractivity contribution >= 4 is 12.0 Å². The van der Waals surface area contributed by atoms with Gasteiger partial charge in [-0.2, -0.15) is 0 Å². The molecule has 0 spiro atoms. The number of urea groups is 1. The first-order valence-electron chi connectivity index (χ1n) is 8.26. The van der Waals surface area contributed by atoms with Gasteiger partial charge in [0.05, 0.1) is 6.42 Å². The molecule has 0 radical (unpaired) electrons. The number of carboxylic acid groups (broad SMARTS) is 1. The normalized spacial score (nSPS) is 23.4. The molecule has 1 aliphatic carbocycles. The molecule has 1 saturated carbocycles. The number of amides is 2. The first-order valence-corrected chi connectivity index (χ1v) is 8.26. The summed E-state index contributed by atoms with van der Waals surface area (Å²) in [6.45, 7) is 6.42. The Morgan fingerprint density at radius 3 is 2.33 bits per heavy atom. The predicted octanol–water partition coefficient (Wildman–Crippen LogP) is 3.24. The molecule has 0 aromatic rings. The molecule has 1 unspecified atom stereocenters. The molecule has 0 heterocycles. The topological polar surface area (TPSA) is 69.6 Å². The van der Waals surface area contributed by atoms with E-state index in [1.54, 1.807) is 11.8 Å². The highest BCUT2D eigenvalue weighted by Gasteiger charge is 2.25. The summed E-state index contributed by atoms with van der Waals surface area (Å²) in [6.07, 6.45) is 6.98. The van der Waals surface area contributed by atoms with Crippen molar-refractivity contribution in [1.82, 2.24) is 10.2 Å². The highest BCUT2D eigenvalue weighted by molar-refractivity contribution is 5.76. The fourth-order valence-electron chi connectivity index (χ4n) is 3.28. The Balaban J connectivity index is 2.42. The van der Waals surface area contributed by atoms with Crippen LogP contribution in [0.5, 0.6) is 0 Å². The van der Waals surface area contributed by atoms with Gasteiger partial charge in [-0.3, -0.25) is 4.79 Å². The van der Waals surface area contributed by atoms with E-state index in [0.29, 0.717) is 6.54 Å². The number of nitrogens with one attached hydrogen (secondary N) is 1. The van der Waals surface area contributed by atoms with Gasteiger partial charge in [-0.05, 0) is 45.4 Å². The van der Waals surface area contributed by atoms with Gasteiger partial charge < -0.3 is 15.3 Å². The summed E-state index contributed by atoms with van der Waals surface area (Å²) in [5.41, 5.74) is 0. The third kappa shape index (κ3) is 5.94. The summed E-state index contributed by atoms with van der Waals surface area (Å²) in [5, 5.41) is 11.9. The largest absolute Gasteiger partial charge is 0.481 e. The van der Waals surface area contributed by atoms with Crippen LogP contribution in [0.25, 0.3) is 0 Å². The van der Waals surface area contributed by atoms with Gasteiger partial charge in [0, 0.05) is 18.6 Å². The second-order valence-electron chi connectivity index (χ2n) is 6.19. The number of hydrogen-bond acceptors (Lipinski definition) is 2. The number of nitrogens with zero attached hydrogens (tertiary/aromatic N) is 1. The van der Waals surface area contributed by atoms with Crippen molar-refractivity contribution in [2.75, 3.05) is 6.54 Å². The standard InChI is InChI=1S/C16H30N2O3/c1-4-6-13-7-9-14(10-8-13)17-16(21)18(5-2)12(3)11-15(19)20/h12-14H,4-11H2,1-3H3,(H,17,21)(H,19,20). The lowest BCUT2D eigenvalue weighted by Crippen LogP contribution is -2.49. The fraction of sp³-hybridized carbons (Fsp3) is 0.875. The van der Waals surface area contributed by atoms with E-state index in [1.165, 1.54) is 25.7 Å². The molecule has 1 aliphatic rings. The maximum Gasteiger partial charge on any atom is 0.317 e. The van der Waals surface area contributed by atoms with E-state index in [4.69, 9.17) is 5.11 Å². The van der Waals surface area contributed by atoms with Crippen molar-refractivity contribution in [2.45, 2.75) is 77.8 Å². The van der Waals surface area contributed by atoms with E-state index >= 15 is 0 Å². The van der Waals surface area contributed by atoms with Crippen LogP contribution in [0.4, 0.5) is 4.79 Å². The maximum atomic E-state index is 12.3. The van der Waals surface area contributed by atoms with Crippen LogP contribution in [-0.4, -0.2) is 40.6 Å². The van der Waals surface area contributed by atoms with Crippen molar-refractivity contribution in [1.29, 1.82) is 0 Å². The van der Waals surface area contributed by atoms with Crippen LogP contribution in [0.15, 0.2) is 0 Å². The molecule has 1 rings (SSSR count). The Kier molecular flexibility index (Phi) is 7.54. The van der Waals surface area contributed by atoms with Gasteiger partial charge in [-0.15, -0.1) is 0 Å². The van der Waals surface area contributed by atoms with Crippen LogP contribution < -0.4 is 5.32 Å². The molecule has 0 aliphatic heterocycles. The van der Waals surface area contributed by atoms with E-state index < -0.39 is 5.97 Å². The van der Waals surface area contributed by atoms with Crippen molar-refractivity contribution in [3.05, 3.63) is 0 Å². The molecule has 0 saturated heterocycles. The van der Waals surface area contributed by atoms with Gasteiger partial charge in [0.1, 0.15) is 0 Å². The average molecular weight is 298 g/mol. The van der Waals surface area contributed by atoms with Crippen LogP contribution in [0.3, 0.4) is 0 Å². The fourth-order valence-corrected chi connectivity index (χ4v) is 3.28. The third-order valence-electron chi connectivity index (χ3n) is 4.47. The molecule has 122 valence electrons. The number of aliphatic carboxylic acids is 1. The number of hydrogen-bond donors (Lipinski definition) is 2. The van der Waals surface area contributed by atoms with Crippen LogP contribution in [-0.2, 0) is 4.79 Å². The first-order chi connectivity index (χ1) is 9.97. The third-order valence-corrected chi connectivity index (χ3v) is 4.47. The quantitative estimate of drug-likeness (QED) is 0.758. The van der Waals surface area contributed by atoms with Crippen molar-refractivity contribution < 1.29 is 14.7 Å². The molecule has 5 heteroatoms. The average Bonchev–Trinajstić information content (AvgIpc) is 2.41. The van der Waals surface area contributed by atoms with E-state index in [-0.39, 0.29) is 24.5 Å². The molecule has 0 aromatic carbocycles. The monoisotopic (exact) mass is 298 g/mol. The summed E-state index contributed by atoms with van der Waals surface area (Å²) < 4.78 is 0. The minimum Gasteiger partial charge on any atom is -0.481 e. The molecule has 1 fully saturated rings. The zero-order valence-corrected chi connectivity index (χ0v) is 13.6. The summed E-state index contributed by atoms with van der Waals surface area (Å²) in [7, 11) is 0. The van der Waals surface area contributed by atoms with Gasteiger partial charge in [-0.1, -0.05) is 19.8 Å². The Hall–Kier alpha value is -1.26. The number of carboxylic acids is 1. The van der Waals surface area contributed by atoms with Gasteiger partial charge >= 0.3 is 12.0 Å². The summed E-state index contributed by atoms with van der Waals surface area (Å²) in [6, 6.07) is -0.147. The lowest BCUT2D eigenvalue weighted by Gasteiger charge is -2.33. The van der Waals surface area contributed by atoms with Crippen LogP contribution >= 0.6 is 0 Å². The molecule has 21 heavy (non-hydrogen) atoms. The highest BCUT2D eigenvalue weighted by atomic mass is 16.4. The van der Waals surface area contributed by atoms with E-state index in [1.807, 2.05) is 6.92 Å². The molecular formula is C16H30N2O3. The number of carbonyl (C=O) groups excluding carboxylic acids is 1. The molecular weight excluding hydrogens is 268 g/mol. The highest BCUT2D eigenvalue weighted by Crippen LogP contribution is 2.27. The lowest BCUT2D eigenvalue weighted by atomic mass is 9.83. The molecule has 5 nitrogen and oxygen atoms in total. The van der Waals surface area contributed by atoms with Crippen molar-refractivity contribution in [3.8, 4) is 0 Å². The number of rotatable bonds is 7. The molecule has 2 amide bonds. The minimum atomic E-state index is -0.867. The summed E-state index contributed by atoms with van der Waals surface area (Å²) >= 11 is 0. The Morgan fingerprint density at radius 1 is 1.24 bits per heavy atom. The predicted molar refractivity (Wildman–Crippen MR) is 83.3 cm³/mol.